The number of likely N-dealkylation sites (tertiary alicyclic amines) is 1. The Kier molecular flexibility index (Phi) is 5.97. The number of amides is 1. The van der Waals surface area contributed by atoms with Gasteiger partial charge in [-0.25, -0.2) is 0 Å². The van der Waals surface area contributed by atoms with Crippen molar-refractivity contribution in [3.8, 4) is 5.75 Å². The topological polar surface area (TPSA) is 29.5 Å². The fraction of sp³-hybridized carbons (Fsp3) is 0.588. The van der Waals surface area contributed by atoms with Crippen molar-refractivity contribution in [1.29, 1.82) is 0 Å². The lowest BCUT2D eigenvalue weighted by Gasteiger charge is -2.36. The third-order valence-corrected chi connectivity index (χ3v) is 5.16. The summed E-state index contributed by atoms with van der Waals surface area (Å²) in [5.41, 5.74) is 0. The maximum Gasteiger partial charge on any atom is 0.236 e. The second kappa shape index (κ2) is 7.74. The van der Waals surface area contributed by atoms with Crippen LogP contribution in [0.3, 0.4) is 0 Å². The highest BCUT2D eigenvalue weighted by atomic mass is 32.2. The van der Waals surface area contributed by atoms with E-state index in [1.807, 2.05) is 31.2 Å². The molecule has 0 saturated carbocycles. The maximum atomic E-state index is 12.7. The van der Waals surface area contributed by atoms with Crippen LogP contribution in [0.2, 0.25) is 0 Å². The predicted octanol–water partition coefficient (Wildman–Crippen LogP) is 3.97. The largest absolute Gasteiger partial charge is 0.497 e. The van der Waals surface area contributed by atoms with E-state index in [4.69, 9.17) is 4.74 Å². The molecule has 116 valence electrons. The third-order valence-electron chi connectivity index (χ3n) is 4.08. The van der Waals surface area contributed by atoms with Gasteiger partial charge in [0.1, 0.15) is 5.75 Å². The van der Waals surface area contributed by atoms with Gasteiger partial charge in [-0.3, -0.25) is 4.79 Å². The van der Waals surface area contributed by atoms with Crippen LogP contribution in [-0.4, -0.2) is 35.8 Å². The standard InChI is InChI=1S/C17H25NO2S/c1-4-14-8-5-6-11-18(14)17(19)13(2)21-16-10-7-9-15(12-16)20-3/h7,9-10,12-14H,4-6,8,11H2,1-3H3. The lowest BCUT2D eigenvalue weighted by Crippen LogP contribution is -2.46. The second-order valence-corrected chi connectivity index (χ2v) is 6.94. The van der Waals surface area contributed by atoms with E-state index < -0.39 is 0 Å². The molecule has 21 heavy (non-hydrogen) atoms. The highest BCUT2D eigenvalue weighted by Crippen LogP contribution is 2.29. The number of hydrogen-bond donors (Lipinski definition) is 0. The molecule has 2 rings (SSSR count). The van der Waals surface area contributed by atoms with Gasteiger partial charge < -0.3 is 9.64 Å². The minimum Gasteiger partial charge on any atom is -0.497 e. The van der Waals surface area contributed by atoms with Crippen LogP contribution < -0.4 is 4.74 Å². The highest BCUT2D eigenvalue weighted by Gasteiger charge is 2.28. The van der Waals surface area contributed by atoms with Crippen molar-refractivity contribution in [2.75, 3.05) is 13.7 Å². The molecular weight excluding hydrogens is 282 g/mol. The van der Waals surface area contributed by atoms with Crippen LogP contribution in [0.5, 0.6) is 5.75 Å². The zero-order valence-corrected chi connectivity index (χ0v) is 14.0. The quantitative estimate of drug-likeness (QED) is 0.771. The van der Waals surface area contributed by atoms with Gasteiger partial charge in [0.15, 0.2) is 0 Å². The van der Waals surface area contributed by atoms with Crippen LogP contribution in [-0.2, 0) is 4.79 Å². The van der Waals surface area contributed by atoms with Crippen LogP contribution in [0.25, 0.3) is 0 Å². The summed E-state index contributed by atoms with van der Waals surface area (Å²) >= 11 is 1.62. The molecule has 1 amide bonds. The Bertz CT molecular complexity index is 478. The van der Waals surface area contributed by atoms with E-state index in [0.717, 1.165) is 36.5 Å². The molecule has 1 fully saturated rings. The van der Waals surface area contributed by atoms with E-state index in [2.05, 4.69) is 11.8 Å². The highest BCUT2D eigenvalue weighted by molar-refractivity contribution is 8.00. The van der Waals surface area contributed by atoms with Gasteiger partial charge in [0.2, 0.25) is 5.91 Å². The van der Waals surface area contributed by atoms with Crippen LogP contribution in [0, 0.1) is 0 Å². The van der Waals surface area contributed by atoms with Crippen LogP contribution in [0.4, 0.5) is 0 Å². The molecule has 0 spiro atoms. The van der Waals surface area contributed by atoms with Gasteiger partial charge in [0, 0.05) is 17.5 Å². The fourth-order valence-electron chi connectivity index (χ4n) is 2.88. The lowest BCUT2D eigenvalue weighted by atomic mass is 10.00. The predicted molar refractivity (Wildman–Crippen MR) is 88.0 cm³/mol. The molecule has 0 N–H and O–H groups in total. The summed E-state index contributed by atoms with van der Waals surface area (Å²) in [7, 11) is 1.66. The summed E-state index contributed by atoms with van der Waals surface area (Å²) in [5, 5.41) is -0.0516. The van der Waals surface area contributed by atoms with E-state index >= 15 is 0 Å². The smallest absolute Gasteiger partial charge is 0.236 e. The molecule has 2 atom stereocenters. The number of nitrogens with zero attached hydrogens (tertiary/aromatic N) is 1. The summed E-state index contributed by atoms with van der Waals surface area (Å²) < 4.78 is 5.24. The summed E-state index contributed by atoms with van der Waals surface area (Å²) in [6.45, 7) is 5.10. The van der Waals surface area contributed by atoms with E-state index in [1.165, 1.54) is 6.42 Å². The molecule has 1 aromatic carbocycles. The van der Waals surface area contributed by atoms with Gasteiger partial charge >= 0.3 is 0 Å². The number of methoxy groups -OCH3 is 1. The zero-order valence-electron chi connectivity index (χ0n) is 13.2. The first-order valence-electron chi connectivity index (χ1n) is 7.77. The van der Waals surface area contributed by atoms with Crippen molar-refractivity contribution < 1.29 is 9.53 Å². The Morgan fingerprint density at radius 1 is 1.48 bits per heavy atom. The summed E-state index contributed by atoms with van der Waals surface area (Å²) in [6, 6.07) is 8.34. The molecule has 1 aliphatic heterocycles. The van der Waals surface area contributed by atoms with Crippen LogP contribution >= 0.6 is 11.8 Å². The molecule has 0 aliphatic carbocycles. The van der Waals surface area contributed by atoms with Crippen molar-refractivity contribution in [1.82, 2.24) is 4.90 Å². The SMILES string of the molecule is CCC1CCCCN1C(=O)C(C)Sc1cccc(OC)c1. The van der Waals surface area contributed by atoms with Crippen molar-refractivity contribution >= 4 is 17.7 Å². The molecule has 1 saturated heterocycles. The van der Waals surface area contributed by atoms with E-state index in [-0.39, 0.29) is 11.2 Å². The molecule has 2 unspecified atom stereocenters. The Hall–Kier alpha value is -1.16. The molecule has 0 bridgehead atoms. The Morgan fingerprint density at radius 2 is 2.29 bits per heavy atom. The molecule has 1 heterocycles. The second-order valence-electron chi connectivity index (χ2n) is 5.53. The van der Waals surface area contributed by atoms with Crippen LogP contribution in [0.15, 0.2) is 29.2 Å². The average Bonchev–Trinajstić information content (AvgIpc) is 2.54. The Balaban J connectivity index is 2.01. The molecule has 1 aliphatic rings. The first-order chi connectivity index (χ1) is 10.2. The summed E-state index contributed by atoms with van der Waals surface area (Å²) in [4.78, 5) is 15.9. The van der Waals surface area contributed by atoms with Gasteiger partial charge in [-0.1, -0.05) is 13.0 Å². The number of thioether (sulfide) groups is 1. The van der Waals surface area contributed by atoms with Gasteiger partial charge in [-0.15, -0.1) is 11.8 Å². The lowest BCUT2D eigenvalue weighted by molar-refractivity contribution is -0.134. The summed E-state index contributed by atoms with van der Waals surface area (Å²) in [5.74, 6) is 1.11. The van der Waals surface area contributed by atoms with E-state index in [1.54, 1.807) is 18.9 Å². The molecule has 1 aromatic rings. The average molecular weight is 307 g/mol. The van der Waals surface area contributed by atoms with E-state index in [0.29, 0.717) is 6.04 Å². The molecule has 3 nitrogen and oxygen atoms in total. The number of hydrogen-bond acceptors (Lipinski definition) is 3. The molecule has 0 radical (unpaired) electrons. The summed E-state index contributed by atoms with van der Waals surface area (Å²) in [6.07, 6.45) is 4.60. The number of benzene rings is 1. The molecule has 4 heteroatoms. The number of ether oxygens (including phenoxy) is 1. The number of rotatable bonds is 5. The van der Waals surface area contributed by atoms with E-state index in [9.17, 15) is 4.79 Å². The number of carbonyl (C=O) groups is 1. The Morgan fingerprint density at radius 3 is 3.00 bits per heavy atom. The fourth-order valence-corrected chi connectivity index (χ4v) is 3.86. The monoisotopic (exact) mass is 307 g/mol. The normalized spacial score (nSPS) is 20.1. The van der Waals surface area contributed by atoms with Gasteiger partial charge in [0.25, 0.3) is 0 Å². The zero-order chi connectivity index (χ0) is 15.2. The van der Waals surface area contributed by atoms with Crippen molar-refractivity contribution in [3.05, 3.63) is 24.3 Å². The number of piperidine rings is 1. The third kappa shape index (κ3) is 4.16. The minimum absolute atomic E-state index is 0.0516. The van der Waals surface area contributed by atoms with Gasteiger partial charge in [-0.05, 0) is 50.8 Å². The maximum absolute atomic E-state index is 12.7. The van der Waals surface area contributed by atoms with Crippen molar-refractivity contribution in [3.63, 3.8) is 0 Å². The van der Waals surface area contributed by atoms with Crippen LogP contribution in [0.1, 0.15) is 39.5 Å². The van der Waals surface area contributed by atoms with Crippen molar-refractivity contribution in [2.24, 2.45) is 0 Å². The molecular formula is C17H25NO2S. The minimum atomic E-state index is -0.0516. The Labute approximate surface area is 132 Å². The molecule has 0 aromatic heterocycles. The van der Waals surface area contributed by atoms with Gasteiger partial charge in [-0.2, -0.15) is 0 Å². The number of carbonyl (C=O) groups excluding carboxylic acids is 1. The van der Waals surface area contributed by atoms with Crippen molar-refractivity contribution in [2.45, 2.75) is 55.7 Å². The van der Waals surface area contributed by atoms with Gasteiger partial charge in [0.05, 0.1) is 12.4 Å². The first-order valence-corrected chi connectivity index (χ1v) is 8.65. The first kappa shape index (κ1) is 16.2.